The number of carbonyl (C=O) groups excluding carboxylic acids is 1. The Morgan fingerprint density at radius 2 is 2.09 bits per heavy atom. The second-order valence-electron chi connectivity index (χ2n) is 5.23. The van der Waals surface area contributed by atoms with Crippen molar-refractivity contribution in [3.05, 3.63) is 44.3 Å². The van der Waals surface area contributed by atoms with Crippen molar-refractivity contribution >= 4 is 17.2 Å². The lowest BCUT2D eigenvalue weighted by atomic mass is 10.2. The van der Waals surface area contributed by atoms with Gasteiger partial charge in [-0.3, -0.25) is 14.5 Å². The van der Waals surface area contributed by atoms with E-state index in [9.17, 15) is 9.59 Å². The highest BCUT2D eigenvalue weighted by Crippen LogP contribution is 2.13. The predicted octanol–water partition coefficient (Wildman–Crippen LogP) is 0.493. The van der Waals surface area contributed by atoms with Crippen LogP contribution in [-0.4, -0.2) is 57.1 Å². The molecule has 0 aliphatic carbocycles. The smallest absolute Gasteiger partial charge is 0.274 e. The van der Waals surface area contributed by atoms with Gasteiger partial charge in [0.15, 0.2) is 0 Å². The summed E-state index contributed by atoms with van der Waals surface area (Å²) in [6, 6.07) is 2.78. The average Bonchev–Trinajstić information content (AvgIpc) is 2.93. The molecular weight excluding hydrogens is 302 g/mol. The van der Waals surface area contributed by atoms with Gasteiger partial charge in [-0.05, 0) is 13.0 Å². The second-order valence-corrected chi connectivity index (χ2v) is 6.29. The number of H-pyrrole nitrogens is 1. The van der Waals surface area contributed by atoms with Crippen molar-refractivity contribution in [3.8, 4) is 0 Å². The van der Waals surface area contributed by atoms with E-state index < -0.39 is 0 Å². The Balaban J connectivity index is 1.56. The molecule has 0 unspecified atom stereocenters. The van der Waals surface area contributed by atoms with Crippen molar-refractivity contribution in [1.82, 2.24) is 25.0 Å². The first-order valence-electron chi connectivity index (χ1n) is 7.10. The van der Waals surface area contributed by atoms with Crippen LogP contribution in [0.3, 0.4) is 0 Å². The van der Waals surface area contributed by atoms with Crippen LogP contribution in [-0.2, 0) is 6.54 Å². The van der Waals surface area contributed by atoms with E-state index in [1.165, 1.54) is 12.1 Å². The average molecular weight is 319 g/mol. The van der Waals surface area contributed by atoms with Crippen molar-refractivity contribution in [2.24, 2.45) is 0 Å². The summed E-state index contributed by atoms with van der Waals surface area (Å²) in [5.74, 6) is -0.139. The Morgan fingerprint density at radius 1 is 1.32 bits per heavy atom. The molecule has 0 bridgehead atoms. The highest BCUT2D eigenvalue weighted by Gasteiger charge is 2.23. The van der Waals surface area contributed by atoms with E-state index in [0.29, 0.717) is 13.1 Å². The molecule has 1 amide bonds. The molecule has 1 aliphatic rings. The molecule has 0 radical (unpaired) electrons. The maximum Gasteiger partial charge on any atom is 0.274 e. The minimum atomic E-state index is -0.306. The lowest BCUT2D eigenvalue weighted by molar-refractivity contribution is 0.0620. The van der Waals surface area contributed by atoms with Crippen LogP contribution in [0.4, 0.5) is 0 Å². The fourth-order valence-electron chi connectivity index (χ4n) is 2.44. The standard InChI is InChI=1S/C14H17N5O2S/c1-10-15-11(9-22-10)8-18-4-6-19(7-5-18)14(21)12-2-3-13(20)17-16-12/h2-3,9H,4-8H2,1H3,(H,17,20). The number of nitrogens with zero attached hydrogens (tertiary/aromatic N) is 4. The number of hydrogen-bond acceptors (Lipinski definition) is 6. The molecule has 0 saturated carbocycles. The quantitative estimate of drug-likeness (QED) is 0.890. The fraction of sp³-hybridized carbons (Fsp3) is 0.429. The molecule has 1 N–H and O–H groups in total. The molecule has 1 saturated heterocycles. The maximum atomic E-state index is 12.3. The summed E-state index contributed by atoms with van der Waals surface area (Å²) in [6.45, 7) is 5.76. The van der Waals surface area contributed by atoms with Gasteiger partial charge in [-0.2, -0.15) is 5.10 Å². The molecule has 0 aromatic carbocycles. The molecule has 3 heterocycles. The van der Waals surface area contributed by atoms with E-state index in [0.717, 1.165) is 30.3 Å². The highest BCUT2D eigenvalue weighted by atomic mass is 32.1. The van der Waals surface area contributed by atoms with Crippen molar-refractivity contribution in [1.29, 1.82) is 0 Å². The summed E-state index contributed by atoms with van der Waals surface area (Å²) in [7, 11) is 0. The molecule has 7 nitrogen and oxygen atoms in total. The fourth-order valence-corrected chi connectivity index (χ4v) is 3.05. The Labute approximate surface area is 131 Å². The van der Waals surface area contributed by atoms with Crippen molar-refractivity contribution < 1.29 is 4.79 Å². The Kier molecular flexibility index (Phi) is 4.30. The Hall–Kier alpha value is -2.06. The molecule has 3 rings (SSSR count). The number of aryl methyl sites for hydroxylation is 1. The first kappa shape index (κ1) is 14.9. The van der Waals surface area contributed by atoms with Crippen LogP contribution in [0.15, 0.2) is 22.3 Å². The van der Waals surface area contributed by atoms with Crippen LogP contribution in [0.25, 0.3) is 0 Å². The summed E-state index contributed by atoms with van der Waals surface area (Å²) < 4.78 is 0. The lowest BCUT2D eigenvalue weighted by Crippen LogP contribution is -2.48. The topological polar surface area (TPSA) is 82.2 Å². The van der Waals surface area contributed by atoms with E-state index in [-0.39, 0.29) is 17.2 Å². The molecule has 0 atom stereocenters. The van der Waals surface area contributed by atoms with Crippen molar-refractivity contribution in [3.63, 3.8) is 0 Å². The van der Waals surface area contributed by atoms with E-state index in [2.05, 4.69) is 25.5 Å². The zero-order valence-corrected chi connectivity index (χ0v) is 13.1. The molecule has 1 fully saturated rings. The SMILES string of the molecule is Cc1nc(CN2CCN(C(=O)c3ccc(=O)[nH]n3)CC2)cs1. The zero-order chi connectivity index (χ0) is 15.5. The summed E-state index contributed by atoms with van der Waals surface area (Å²) in [6.07, 6.45) is 0. The molecule has 8 heteroatoms. The molecule has 1 aliphatic heterocycles. The monoisotopic (exact) mass is 319 g/mol. The predicted molar refractivity (Wildman–Crippen MR) is 82.9 cm³/mol. The normalized spacial score (nSPS) is 16.0. The Bertz CT molecular complexity index is 698. The number of nitrogens with one attached hydrogen (secondary N) is 1. The minimum Gasteiger partial charge on any atom is -0.335 e. The van der Waals surface area contributed by atoms with Crippen LogP contribution in [0, 0.1) is 6.92 Å². The molecule has 2 aromatic heterocycles. The number of rotatable bonds is 3. The van der Waals surface area contributed by atoms with Gasteiger partial charge in [0.2, 0.25) is 0 Å². The molecule has 0 spiro atoms. The number of aromatic nitrogens is 3. The number of amides is 1. The van der Waals surface area contributed by atoms with Crippen LogP contribution in [0.2, 0.25) is 0 Å². The highest BCUT2D eigenvalue weighted by molar-refractivity contribution is 7.09. The maximum absolute atomic E-state index is 12.3. The zero-order valence-electron chi connectivity index (χ0n) is 12.3. The molecule has 2 aromatic rings. The number of thiazole rings is 1. The van der Waals surface area contributed by atoms with Gasteiger partial charge in [0.05, 0.1) is 10.7 Å². The number of hydrogen-bond donors (Lipinski definition) is 1. The summed E-state index contributed by atoms with van der Waals surface area (Å²) >= 11 is 1.66. The van der Waals surface area contributed by atoms with Gasteiger partial charge < -0.3 is 4.90 Å². The first-order chi connectivity index (χ1) is 10.6. The van der Waals surface area contributed by atoms with Crippen LogP contribution >= 0.6 is 11.3 Å². The van der Waals surface area contributed by atoms with E-state index in [4.69, 9.17) is 0 Å². The summed E-state index contributed by atoms with van der Waals surface area (Å²) in [5, 5.41) is 9.24. The summed E-state index contributed by atoms with van der Waals surface area (Å²) in [5.41, 5.74) is 1.06. The van der Waals surface area contributed by atoms with E-state index >= 15 is 0 Å². The second kappa shape index (κ2) is 6.37. The molecular formula is C14H17N5O2S. The summed E-state index contributed by atoms with van der Waals surface area (Å²) in [4.78, 5) is 31.8. The molecule has 22 heavy (non-hydrogen) atoms. The first-order valence-corrected chi connectivity index (χ1v) is 7.98. The van der Waals surface area contributed by atoms with Gasteiger partial charge >= 0.3 is 0 Å². The van der Waals surface area contributed by atoms with Gasteiger partial charge in [-0.15, -0.1) is 11.3 Å². The van der Waals surface area contributed by atoms with Crippen LogP contribution in [0.1, 0.15) is 21.2 Å². The molecule has 116 valence electrons. The Morgan fingerprint density at radius 3 is 2.68 bits per heavy atom. The van der Waals surface area contributed by atoms with Gasteiger partial charge in [-0.25, -0.2) is 10.1 Å². The number of aromatic amines is 1. The number of piperazine rings is 1. The third kappa shape index (κ3) is 3.40. The number of carbonyl (C=O) groups is 1. The third-order valence-electron chi connectivity index (χ3n) is 3.61. The largest absolute Gasteiger partial charge is 0.335 e. The van der Waals surface area contributed by atoms with Gasteiger partial charge in [0.1, 0.15) is 5.69 Å². The van der Waals surface area contributed by atoms with E-state index in [1.54, 1.807) is 16.2 Å². The lowest BCUT2D eigenvalue weighted by Gasteiger charge is -2.34. The van der Waals surface area contributed by atoms with Crippen LogP contribution in [0.5, 0.6) is 0 Å². The third-order valence-corrected chi connectivity index (χ3v) is 4.43. The van der Waals surface area contributed by atoms with Crippen LogP contribution < -0.4 is 5.56 Å². The van der Waals surface area contributed by atoms with E-state index in [1.807, 2.05) is 6.92 Å². The van der Waals surface area contributed by atoms with Gasteiger partial charge in [0.25, 0.3) is 11.5 Å². The van der Waals surface area contributed by atoms with Gasteiger partial charge in [0, 0.05) is 44.2 Å². The van der Waals surface area contributed by atoms with Crippen molar-refractivity contribution in [2.75, 3.05) is 26.2 Å². The van der Waals surface area contributed by atoms with Gasteiger partial charge in [-0.1, -0.05) is 0 Å². The van der Waals surface area contributed by atoms with Crippen molar-refractivity contribution in [2.45, 2.75) is 13.5 Å². The minimum absolute atomic E-state index is 0.139.